The molecule has 6 nitrogen and oxygen atoms in total. The summed E-state index contributed by atoms with van der Waals surface area (Å²) < 4.78 is 16.4. The van der Waals surface area contributed by atoms with Crippen LogP contribution in [0, 0.1) is 12.7 Å². The normalized spacial score (nSPS) is 20.9. The highest BCUT2D eigenvalue weighted by Crippen LogP contribution is 2.43. The first-order chi connectivity index (χ1) is 12.3. The van der Waals surface area contributed by atoms with E-state index in [1.807, 2.05) is 7.05 Å². The summed E-state index contributed by atoms with van der Waals surface area (Å²) in [7, 11) is 5.63. The molecule has 4 rings (SSSR count). The number of fused-ring (bicyclic) bond motifs is 2. The van der Waals surface area contributed by atoms with E-state index in [2.05, 4.69) is 26.7 Å². The van der Waals surface area contributed by atoms with Crippen molar-refractivity contribution in [3.8, 4) is 0 Å². The standard InChI is InChI=1S/C18H23ClFN5O/c1-10-13(19)15-12-16(14(10)20)24(4)18(26)21-17(12)25-8-7-22(2)9-11(25)5-6-23(15)3/h11H,5-9H2,1-4H3. The van der Waals surface area contributed by atoms with E-state index >= 15 is 4.39 Å². The second kappa shape index (κ2) is 6.09. The van der Waals surface area contributed by atoms with Crippen molar-refractivity contribution in [1.82, 2.24) is 14.5 Å². The third-order valence-electron chi connectivity index (χ3n) is 5.73. The van der Waals surface area contributed by atoms with E-state index in [0.717, 1.165) is 38.3 Å². The van der Waals surface area contributed by atoms with Gasteiger partial charge in [0.2, 0.25) is 0 Å². The Labute approximate surface area is 156 Å². The largest absolute Gasteiger partial charge is 0.373 e. The van der Waals surface area contributed by atoms with Gasteiger partial charge in [-0.2, -0.15) is 4.98 Å². The SMILES string of the molecule is Cc1c(Cl)c2c3c(nc(=O)n(C)c3c1F)N1CCN(C)CC1CCN2C. The zero-order valence-electron chi connectivity index (χ0n) is 15.5. The highest BCUT2D eigenvalue weighted by molar-refractivity contribution is 6.36. The maximum atomic E-state index is 15.2. The van der Waals surface area contributed by atoms with E-state index in [1.54, 1.807) is 14.0 Å². The Balaban J connectivity index is 2.14. The van der Waals surface area contributed by atoms with Crippen molar-refractivity contribution < 1.29 is 4.39 Å². The van der Waals surface area contributed by atoms with Gasteiger partial charge in [0.25, 0.3) is 0 Å². The van der Waals surface area contributed by atoms with Gasteiger partial charge in [-0.15, -0.1) is 0 Å². The zero-order valence-corrected chi connectivity index (χ0v) is 16.3. The highest BCUT2D eigenvalue weighted by atomic mass is 35.5. The highest BCUT2D eigenvalue weighted by Gasteiger charge is 2.34. The molecule has 8 heteroatoms. The second-order valence-electron chi connectivity index (χ2n) is 7.42. The Morgan fingerprint density at radius 1 is 1.19 bits per heavy atom. The molecule has 1 aromatic heterocycles. The zero-order chi connectivity index (χ0) is 18.7. The summed E-state index contributed by atoms with van der Waals surface area (Å²) in [5.41, 5.74) is 0.961. The smallest absolute Gasteiger partial charge is 0.349 e. The van der Waals surface area contributed by atoms with Crippen LogP contribution in [0.4, 0.5) is 15.9 Å². The van der Waals surface area contributed by atoms with Crippen LogP contribution in [0.3, 0.4) is 0 Å². The van der Waals surface area contributed by atoms with E-state index in [-0.39, 0.29) is 11.6 Å². The molecular weight excluding hydrogens is 357 g/mol. The Kier molecular flexibility index (Phi) is 4.11. The van der Waals surface area contributed by atoms with Gasteiger partial charge in [-0.1, -0.05) is 11.6 Å². The molecular formula is C18H23ClFN5O. The van der Waals surface area contributed by atoms with Crippen molar-refractivity contribution in [2.75, 3.05) is 50.1 Å². The lowest BCUT2D eigenvalue weighted by Gasteiger charge is -2.43. The maximum absolute atomic E-state index is 15.2. The van der Waals surface area contributed by atoms with Crippen LogP contribution in [0.15, 0.2) is 4.79 Å². The molecule has 1 unspecified atom stereocenters. The molecule has 2 aliphatic heterocycles. The Hall–Kier alpha value is -1.86. The first-order valence-corrected chi connectivity index (χ1v) is 9.23. The van der Waals surface area contributed by atoms with Gasteiger partial charge in [-0.3, -0.25) is 4.57 Å². The molecule has 140 valence electrons. The quantitative estimate of drug-likeness (QED) is 0.700. The second-order valence-corrected chi connectivity index (χ2v) is 7.80. The number of piperazine rings is 1. The first-order valence-electron chi connectivity index (χ1n) is 8.85. The predicted octanol–water partition coefficient (Wildman–Crippen LogP) is 1.99. The number of benzene rings is 1. The number of aryl methyl sites for hydroxylation is 1. The molecule has 0 aliphatic carbocycles. The summed E-state index contributed by atoms with van der Waals surface area (Å²) in [5, 5.41) is 1.03. The van der Waals surface area contributed by atoms with Gasteiger partial charge in [-0.05, 0) is 20.4 Å². The van der Waals surface area contributed by atoms with Gasteiger partial charge >= 0.3 is 5.69 Å². The molecule has 3 heterocycles. The van der Waals surface area contributed by atoms with Crippen molar-refractivity contribution >= 4 is 34.0 Å². The first kappa shape index (κ1) is 17.5. The van der Waals surface area contributed by atoms with Gasteiger partial charge in [0, 0.05) is 51.9 Å². The van der Waals surface area contributed by atoms with Gasteiger partial charge in [-0.25, -0.2) is 9.18 Å². The van der Waals surface area contributed by atoms with Crippen LogP contribution in [0.5, 0.6) is 0 Å². The van der Waals surface area contributed by atoms with Crippen molar-refractivity contribution in [3.05, 3.63) is 26.9 Å². The van der Waals surface area contributed by atoms with Crippen LogP contribution in [-0.4, -0.2) is 60.8 Å². The molecule has 1 fully saturated rings. The minimum absolute atomic E-state index is 0.232. The van der Waals surface area contributed by atoms with E-state index < -0.39 is 11.5 Å². The van der Waals surface area contributed by atoms with E-state index in [4.69, 9.17) is 11.6 Å². The Morgan fingerprint density at radius 3 is 2.65 bits per heavy atom. The van der Waals surface area contributed by atoms with Gasteiger partial charge in [0.15, 0.2) is 5.82 Å². The van der Waals surface area contributed by atoms with Gasteiger partial charge in [0.05, 0.1) is 21.6 Å². The molecule has 0 amide bonds. The molecule has 0 bridgehead atoms. The Morgan fingerprint density at radius 2 is 1.92 bits per heavy atom. The molecule has 0 spiro atoms. The van der Waals surface area contributed by atoms with Crippen LogP contribution in [0.2, 0.25) is 5.02 Å². The van der Waals surface area contributed by atoms with E-state index in [0.29, 0.717) is 21.8 Å². The number of hydrogen-bond acceptors (Lipinski definition) is 5. The fourth-order valence-corrected chi connectivity index (χ4v) is 4.51. The summed E-state index contributed by atoms with van der Waals surface area (Å²) in [4.78, 5) is 23.4. The fourth-order valence-electron chi connectivity index (χ4n) is 4.18. The van der Waals surface area contributed by atoms with Crippen molar-refractivity contribution in [3.63, 3.8) is 0 Å². The third-order valence-corrected chi connectivity index (χ3v) is 6.20. The number of anilines is 2. The molecule has 2 aliphatic rings. The van der Waals surface area contributed by atoms with Crippen molar-refractivity contribution in [1.29, 1.82) is 0 Å². The third kappa shape index (κ3) is 2.41. The van der Waals surface area contributed by atoms with Crippen LogP contribution in [0.25, 0.3) is 10.9 Å². The monoisotopic (exact) mass is 379 g/mol. The number of hydrogen-bond donors (Lipinski definition) is 0. The summed E-state index contributed by atoms with van der Waals surface area (Å²) >= 11 is 6.57. The number of aromatic nitrogens is 2. The lowest BCUT2D eigenvalue weighted by molar-refractivity contribution is 0.260. The van der Waals surface area contributed by atoms with Gasteiger partial charge in [0.1, 0.15) is 5.82 Å². The molecule has 2 aromatic rings. The van der Waals surface area contributed by atoms with Gasteiger partial charge < -0.3 is 14.7 Å². The van der Waals surface area contributed by atoms with Crippen molar-refractivity contribution in [2.45, 2.75) is 19.4 Å². The molecule has 0 saturated carbocycles. The van der Waals surface area contributed by atoms with Crippen molar-refractivity contribution in [2.24, 2.45) is 7.05 Å². The minimum atomic E-state index is -0.448. The number of nitrogens with zero attached hydrogens (tertiary/aromatic N) is 5. The fraction of sp³-hybridized carbons (Fsp3) is 0.556. The average molecular weight is 380 g/mol. The number of likely N-dealkylation sites (N-methyl/N-ethyl adjacent to an activating group) is 1. The molecule has 26 heavy (non-hydrogen) atoms. The van der Waals surface area contributed by atoms with Crippen LogP contribution >= 0.6 is 11.6 Å². The van der Waals surface area contributed by atoms with E-state index in [9.17, 15) is 4.79 Å². The lowest BCUT2D eigenvalue weighted by Crippen LogP contribution is -2.54. The lowest BCUT2D eigenvalue weighted by atomic mass is 10.0. The van der Waals surface area contributed by atoms with Crippen LogP contribution in [0.1, 0.15) is 12.0 Å². The summed E-state index contributed by atoms with van der Waals surface area (Å²) in [5.74, 6) is 0.111. The minimum Gasteiger partial charge on any atom is -0.373 e. The number of rotatable bonds is 0. The molecule has 1 aromatic carbocycles. The predicted molar refractivity (Wildman–Crippen MR) is 103 cm³/mol. The summed E-state index contributed by atoms with van der Waals surface area (Å²) in [6.45, 7) is 4.99. The average Bonchev–Trinajstić information content (AvgIpc) is 2.60. The molecule has 0 N–H and O–H groups in total. The van der Waals surface area contributed by atoms with Crippen LogP contribution in [-0.2, 0) is 7.05 Å². The molecule has 1 saturated heterocycles. The Bertz CT molecular complexity index is 959. The summed E-state index contributed by atoms with van der Waals surface area (Å²) in [6, 6.07) is 0.232. The summed E-state index contributed by atoms with van der Waals surface area (Å²) in [6.07, 6.45) is 0.922. The topological polar surface area (TPSA) is 44.6 Å². The maximum Gasteiger partial charge on any atom is 0.349 e. The molecule has 0 radical (unpaired) electrons. The molecule has 1 atom stereocenters. The van der Waals surface area contributed by atoms with E-state index in [1.165, 1.54) is 4.57 Å². The van der Waals surface area contributed by atoms with Crippen LogP contribution < -0.4 is 15.5 Å². The number of halogens is 2.